The van der Waals surface area contributed by atoms with Gasteiger partial charge in [0.2, 0.25) is 5.91 Å². The van der Waals surface area contributed by atoms with E-state index >= 15 is 0 Å². The second-order valence-corrected chi connectivity index (χ2v) is 10.6. The maximum absolute atomic E-state index is 12.7. The topological polar surface area (TPSA) is 82.1 Å². The lowest BCUT2D eigenvalue weighted by atomic mass is 9.96. The van der Waals surface area contributed by atoms with Gasteiger partial charge < -0.3 is 15.1 Å². The zero-order valence-corrected chi connectivity index (χ0v) is 17.6. The van der Waals surface area contributed by atoms with Crippen molar-refractivity contribution in [2.24, 2.45) is 10.9 Å². The molecule has 2 aliphatic heterocycles. The Morgan fingerprint density at radius 2 is 2.08 bits per heavy atom. The normalized spacial score (nSPS) is 25.8. The van der Waals surface area contributed by atoms with Crippen molar-refractivity contribution < 1.29 is 13.2 Å². The standard InChI is InChI=1S/C18H34N4O3S/c1-6-8-19-17(20-10-15-7-9-26(24,25)12-15)21-11-16(23)22(14(2)3)18(4,5)13-21/h14-15H,6-13H2,1-5H3,(H,19,20). The Morgan fingerprint density at radius 1 is 1.38 bits per heavy atom. The van der Waals surface area contributed by atoms with Crippen LogP contribution < -0.4 is 5.32 Å². The molecule has 1 amide bonds. The van der Waals surface area contributed by atoms with Gasteiger partial charge >= 0.3 is 0 Å². The number of hydrogen-bond acceptors (Lipinski definition) is 4. The van der Waals surface area contributed by atoms with E-state index in [0.29, 0.717) is 26.1 Å². The number of carbonyl (C=O) groups is 1. The fourth-order valence-corrected chi connectivity index (χ4v) is 5.90. The van der Waals surface area contributed by atoms with Gasteiger partial charge in [-0.05, 0) is 46.5 Å². The highest BCUT2D eigenvalue weighted by atomic mass is 32.2. The van der Waals surface area contributed by atoms with Crippen molar-refractivity contribution in [2.45, 2.75) is 59.0 Å². The first-order chi connectivity index (χ1) is 12.1. The van der Waals surface area contributed by atoms with E-state index in [1.165, 1.54) is 0 Å². The molecule has 0 aliphatic carbocycles. The molecule has 2 aliphatic rings. The Balaban J connectivity index is 2.13. The van der Waals surface area contributed by atoms with Crippen molar-refractivity contribution in [3.05, 3.63) is 0 Å². The summed E-state index contributed by atoms with van der Waals surface area (Å²) in [5.41, 5.74) is -0.283. The van der Waals surface area contributed by atoms with Crippen molar-refractivity contribution in [3.63, 3.8) is 0 Å². The van der Waals surface area contributed by atoms with E-state index in [-0.39, 0.29) is 34.9 Å². The van der Waals surface area contributed by atoms with Crippen LogP contribution in [0.1, 0.15) is 47.5 Å². The largest absolute Gasteiger partial charge is 0.356 e. The van der Waals surface area contributed by atoms with Crippen LogP contribution in [-0.2, 0) is 14.6 Å². The SMILES string of the molecule is CCCNC(=NCC1CCS(=O)(=O)C1)N1CC(=O)N(C(C)C)C(C)(C)C1. The highest BCUT2D eigenvalue weighted by Crippen LogP contribution is 2.25. The van der Waals surface area contributed by atoms with E-state index in [0.717, 1.165) is 18.9 Å². The van der Waals surface area contributed by atoms with Gasteiger partial charge in [0, 0.05) is 25.7 Å². The number of hydrogen-bond donors (Lipinski definition) is 1. The van der Waals surface area contributed by atoms with Gasteiger partial charge in [0.05, 0.1) is 23.6 Å². The quantitative estimate of drug-likeness (QED) is 0.565. The van der Waals surface area contributed by atoms with Crippen LogP contribution in [0.5, 0.6) is 0 Å². The summed E-state index contributed by atoms with van der Waals surface area (Å²) < 4.78 is 23.3. The summed E-state index contributed by atoms with van der Waals surface area (Å²) >= 11 is 0. The fraction of sp³-hybridized carbons (Fsp3) is 0.889. The third-order valence-electron chi connectivity index (χ3n) is 5.00. The Kier molecular flexibility index (Phi) is 6.58. The predicted molar refractivity (Wildman–Crippen MR) is 105 cm³/mol. The van der Waals surface area contributed by atoms with Crippen molar-refractivity contribution in [3.8, 4) is 0 Å². The lowest BCUT2D eigenvalue weighted by molar-refractivity contribution is -0.145. The summed E-state index contributed by atoms with van der Waals surface area (Å²) in [6.07, 6.45) is 1.64. The van der Waals surface area contributed by atoms with E-state index in [1.807, 2.05) is 23.6 Å². The maximum Gasteiger partial charge on any atom is 0.242 e. The lowest BCUT2D eigenvalue weighted by Crippen LogP contribution is -2.66. The number of amides is 1. The van der Waals surface area contributed by atoms with Gasteiger partial charge in [0.25, 0.3) is 0 Å². The average Bonchev–Trinajstić information content (AvgIpc) is 2.84. The first-order valence-electron chi connectivity index (χ1n) is 9.61. The van der Waals surface area contributed by atoms with Crippen LogP contribution in [0.25, 0.3) is 0 Å². The number of rotatable bonds is 5. The number of piperazine rings is 1. The van der Waals surface area contributed by atoms with E-state index < -0.39 is 9.84 Å². The van der Waals surface area contributed by atoms with Gasteiger partial charge in [-0.1, -0.05) is 6.92 Å². The zero-order chi connectivity index (χ0) is 19.5. The molecule has 0 bridgehead atoms. The Morgan fingerprint density at radius 3 is 2.58 bits per heavy atom. The van der Waals surface area contributed by atoms with Crippen molar-refractivity contribution in [2.75, 3.05) is 37.7 Å². The molecular formula is C18H34N4O3S. The number of sulfone groups is 1. The number of carbonyl (C=O) groups excluding carboxylic acids is 1. The molecule has 0 aromatic carbocycles. The summed E-state index contributed by atoms with van der Waals surface area (Å²) in [4.78, 5) is 21.4. The first-order valence-corrected chi connectivity index (χ1v) is 11.4. The van der Waals surface area contributed by atoms with Crippen LogP contribution in [-0.4, -0.2) is 79.3 Å². The third-order valence-corrected chi connectivity index (χ3v) is 6.84. The van der Waals surface area contributed by atoms with E-state index in [4.69, 9.17) is 4.99 Å². The van der Waals surface area contributed by atoms with Crippen molar-refractivity contribution in [1.29, 1.82) is 0 Å². The van der Waals surface area contributed by atoms with Crippen LogP contribution in [0.15, 0.2) is 4.99 Å². The minimum atomic E-state index is -2.89. The molecule has 8 heteroatoms. The predicted octanol–water partition coefficient (Wildman–Crippen LogP) is 1.11. The fourth-order valence-electron chi connectivity index (χ4n) is 4.05. The van der Waals surface area contributed by atoms with E-state index in [2.05, 4.69) is 26.1 Å². The van der Waals surface area contributed by atoms with Crippen LogP contribution in [0.4, 0.5) is 0 Å². The Hall–Kier alpha value is -1.31. The van der Waals surface area contributed by atoms with Crippen LogP contribution in [0, 0.1) is 5.92 Å². The van der Waals surface area contributed by atoms with Gasteiger partial charge in [0.1, 0.15) is 0 Å². The van der Waals surface area contributed by atoms with E-state index in [1.54, 1.807) is 0 Å². The highest BCUT2D eigenvalue weighted by Gasteiger charge is 2.40. The number of guanidine groups is 1. The molecule has 0 aromatic heterocycles. The summed E-state index contributed by atoms with van der Waals surface area (Å²) in [6.45, 7) is 12.6. The smallest absolute Gasteiger partial charge is 0.242 e. The average molecular weight is 387 g/mol. The molecule has 2 saturated heterocycles. The molecule has 150 valence electrons. The maximum atomic E-state index is 12.7. The van der Waals surface area contributed by atoms with Gasteiger partial charge in [-0.25, -0.2) is 8.42 Å². The first kappa shape index (κ1) is 21.0. The highest BCUT2D eigenvalue weighted by molar-refractivity contribution is 7.91. The summed E-state index contributed by atoms with van der Waals surface area (Å²) in [5.74, 6) is 1.40. The summed E-state index contributed by atoms with van der Waals surface area (Å²) in [6, 6.07) is 0.160. The molecule has 1 atom stereocenters. The molecular weight excluding hydrogens is 352 g/mol. The van der Waals surface area contributed by atoms with Gasteiger partial charge in [-0.2, -0.15) is 0 Å². The third kappa shape index (κ3) is 5.11. The molecule has 7 nitrogen and oxygen atoms in total. The van der Waals surface area contributed by atoms with E-state index in [9.17, 15) is 13.2 Å². The minimum Gasteiger partial charge on any atom is -0.356 e. The molecule has 1 unspecified atom stereocenters. The monoisotopic (exact) mass is 386 g/mol. The molecule has 0 spiro atoms. The molecule has 2 rings (SSSR count). The minimum absolute atomic E-state index is 0.0825. The van der Waals surface area contributed by atoms with Crippen LogP contribution in [0.2, 0.25) is 0 Å². The van der Waals surface area contributed by atoms with Gasteiger partial charge in [0.15, 0.2) is 15.8 Å². The second-order valence-electron chi connectivity index (χ2n) is 8.39. The molecule has 0 aromatic rings. The van der Waals surface area contributed by atoms with Crippen molar-refractivity contribution >= 4 is 21.7 Å². The number of nitrogens with zero attached hydrogens (tertiary/aromatic N) is 3. The molecule has 26 heavy (non-hydrogen) atoms. The van der Waals surface area contributed by atoms with Crippen LogP contribution >= 0.6 is 0 Å². The van der Waals surface area contributed by atoms with Gasteiger partial charge in [-0.15, -0.1) is 0 Å². The zero-order valence-electron chi connectivity index (χ0n) is 16.8. The summed E-state index contributed by atoms with van der Waals surface area (Å²) in [5, 5.41) is 3.34. The molecule has 0 saturated carbocycles. The number of nitrogens with one attached hydrogen (secondary N) is 1. The molecule has 2 fully saturated rings. The molecule has 0 radical (unpaired) electrons. The number of aliphatic imine (C=N–C) groups is 1. The second kappa shape index (κ2) is 8.15. The van der Waals surface area contributed by atoms with Crippen LogP contribution in [0.3, 0.4) is 0 Å². The Labute approximate surface area is 158 Å². The summed E-state index contributed by atoms with van der Waals surface area (Å²) in [7, 11) is -2.89. The molecule has 2 heterocycles. The molecule has 1 N–H and O–H groups in total. The van der Waals surface area contributed by atoms with Gasteiger partial charge in [-0.3, -0.25) is 9.79 Å². The lowest BCUT2D eigenvalue weighted by Gasteiger charge is -2.49. The Bertz CT molecular complexity index is 643. The van der Waals surface area contributed by atoms with Crippen molar-refractivity contribution in [1.82, 2.24) is 15.1 Å².